The van der Waals surface area contributed by atoms with Crippen LogP contribution in [0, 0.1) is 12.7 Å². The van der Waals surface area contributed by atoms with E-state index < -0.39 is 5.97 Å². The van der Waals surface area contributed by atoms with Crippen LogP contribution in [0.5, 0.6) is 0 Å². The normalized spacial score (nSPS) is 12.0. The van der Waals surface area contributed by atoms with Crippen LogP contribution in [0.1, 0.15) is 38.9 Å². The number of nitrogens with one attached hydrogen (secondary N) is 1. The van der Waals surface area contributed by atoms with E-state index in [1.165, 1.54) is 12.1 Å². The zero-order valence-corrected chi connectivity index (χ0v) is 12.9. The summed E-state index contributed by atoms with van der Waals surface area (Å²) in [5.74, 6) is -1.60. The van der Waals surface area contributed by atoms with Crippen molar-refractivity contribution in [3.63, 3.8) is 0 Å². The third kappa shape index (κ3) is 3.88. The average Bonchev–Trinajstić information content (AvgIpc) is 2.83. The van der Waals surface area contributed by atoms with Crippen LogP contribution >= 0.6 is 11.3 Å². The van der Waals surface area contributed by atoms with E-state index in [2.05, 4.69) is 10.3 Å². The number of aryl methyl sites for hydroxylation is 1. The van der Waals surface area contributed by atoms with Crippen molar-refractivity contribution in [2.45, 2.75) is 26.3 Å². The van der Waals surface area contributed by atoms with Gasteiger partial charge in [0.05, 0.1) is 18.2 Å². The lowest BCUT2D eigenvalue weighted by molar-refractivity contribution is -0.121. The molecule has 0 aliphatic heterocycles. The molecular weight excluding hydrogens is 307 g/mol. The first kappa shape index (κ1) is 16.1. The number of hydrogen-bond donors (Lipinski definition) is 2. The molecular formula is C15H15FN2O3S. The van der Waals surface area contributed by atoms with Crippen LogP contribution in [0.4, 0.5) is 4.39 Å². The second-order valence-corrected chi connectivity index (χ2v) is 5.89. The van der Waals surface area contributed by atoms with E-state index in [-0.39, 0.29) is 29.1 Å². The fourth-order valence-corrected chi connectivity index (χ4v) is 2.85. The SMILES string of the molecule is Cc1nc([C@H](C)NC(=O)Cc2ccc(F)cc2)sc1C(=O)O. The predicted octanol–water partition coefficient (Wildman–Crippen LogP) is 2.71. The maximum atomic E-state index is 12.8. The number of benzene rings is 1. The Balaban J connectivity index is 2.00. The summed E-state index contributed by atoms with van der Waals surface area (Å²) in [6.45, 7) is 3.36. The van der Waals surface area contributed by atoms with Gasteiger partial charge >= 0.3 is 5.97 Å². The predicted molar refractivity (Wildman–Crippen MR) is 80.5 cm³/mol. The van der Waals surface area contributed by atoms with E-state index in [0.717, 1.165) is 11.3 Å². The Bertz CT molecular complexity index is 697. The minimum absolute atomic E-state index is 0.126. The van der Waals surface area contributed by atoms with Crippen molar-refractivity contribution in [3.05, 3.63) is 51.2 Å². The van der Waals surface area contributed by atoms with Crippen LogP contribution in [0.2, 0.25) is 0 Å². The summed E-state index contributed by atoms with van der Waals surface area (Å²) in [6, 6.07) is 5.32. The molecule has 0 saturated carbocycles. The summed E-state index contributed by atoms with van der Waals surface area (Å²) in [7, 11) is 0. The zero-order chi connectivity index (χ0) is 16.3. The molecule has 2 aromatic rings. The van der Waals surface area contributed by atoms with Gasteiger partial charge in [-0.05, 0) is 31.5 Å². The topological polar surface area (TPSA) is 79.3 Å². The maximum Gasteiger partial charge on any atom is 0.347 e. The zero-order valence-electron chi connectivity index (χ0n) is 12.1. The number of amides is 1. The van der Waals surface area contributed by atoms with Crippen molar-refractivity contribution in [2.75, 3.05) is 0 Å². The molecule has 0 fully saturated rings. The Morgan fingerprint density at radius 1 is 1.36 bits per heavy atom. The number of carbonyl (C=O) groups is 2. The molecule has 7 heteroatoms. The van der Waals surface area contributed by atoms with E-state index in [9.17, 15) is 14.0 Å². The molecule has 1 aromatic carbocycles. The van der Waals surface area contributed by atoms with Crippen molar-refractivity contribution in [1.82, 2.24) is 10.3 Å². The summed E-state index contributed by atoms with van der Waals surface area (Å²) < 4.78 is 12.8. The third-order valence-corrected chi connectivity index (χ3v) is 4.36. The largest absolute Gasteiger partial charge is 0.477 e. The van der Waals surface area contributed by atoms with Crippen LogP contribution in [-0.4, -0.2) is 22.0 Å². The van der Waals surface area contributed by atoms with Crippen LogP contribution < -0.4 is 5.32 Å². The molecule has 1 atom stereocenters. The van der Waals surface area contributed by atoms with Crippen molar-refractivity contribution in [3.8, 4) is 0 Å². The van der Waals surface area contributed by atoms with Crippen LogP contribution in [0.25, 0.3) is 0 Å². The fraction of sp³-hybridized carbons (Fsp3) is 0.267. The second-order valence-electron chi connectivity index (χ2n) is 4.86. The molecule has 22 heavy (non-hydrogen) atoms. The van der Waals surface area contributed by atoms with Gasteiger partial charge in [0.2, 0.25) is 5.91 Å². The Kier molecular flexibility index (Phi) is 4.87. The number of aromatic carboxylic acids is 1. The molecule has 0 aliphatic carbocycles. The number of nitrogens with zero attached hydrogens (tertiary/aromatic N) is 1. The molecule has 116 valence electrons. The number of halogens is 1. The highest BCUT2D eigenvalue weighted by Gasteiger charge is 2.19. The first-order chi connectivity index (χ1) is 10.4. The van der Waals surface area contributed by atoms with Crippen LogP contribution in [-0.2, 0) is 11.2 Å². The lowest BCUT2D eigenvalue weighted by Crippen LogP contribution is -2.28. The molecule has 0 unspecified atom stereocenters. The molecule has 1 heterocycles. The monoisotopic (exact) mass is 322 g/mol. The smallest absolute Gasteiger partial charge is 0.347 e. The highest BCUT2D eigenvalue weighted by Crippen LogP contribution is 2.23. The van der Waals surface area contributed by atoms with Crippen LogP contribution in [0.15, 0.2) is 24.3 Å². The van der Waals surface area contributed by atoms with E-state index >= 15 is 0 Å². The number of rotatable bonds is 5. The summed E-state index contributed by atoms with van der Waals surface area (Å²) in [4.78, 5) is 27.3. The summed E-state index contributed by atoms with van der Waals surface area (Å²) in [5.41, 5.74) is 1.14. The van der Waals surface area contributed by atoms with Gasteiger partial charge in [-0.2, -0.15) is 0 Å². The second kappa shape index (κ2) is 6.65. The molecule has 0 radical (unpaired) electrons. The number of aromatic nitrogens is 1. The van der Waals surface area contributed by atoms with Gasteiger partial charge < -0.3 is 10.4 Å². The summed E-state index contributed by atoms with van der Waals surface area (Å²) in [5, 5.41) is 12.3. The minimum atomic E-state index is -1.02. The van der Waals surface area contributed by atoms with Gasteiger partial charge in [0.15, 0.2) is 0 Å². The van der Waals surface area contributed by atoms with Crippen molar-refractivity contribution < 1.29 is 19.1 Å². The van der Waals surface area contributed by atoms with Gasteiger partial charge in [-0.3, -0.25) is 4.79 Å². The van der Waals surface area contributed by atoms with Gasteiger partial charge in [-0.25, -0.2) is 14.2 Å². The molecule has 5 nitrogen and oxygen atoms in total. The highest BCUT2D eigenvalue weighted by molar-refractivity contribution is 7.13. The van der Waals surface area contributed by atoms with Gasteiger partial charge in [-0.1, -0.05) is 12.1 Å². The number of carboxylic acids is 1. The van der Waals surface area contributed by atoms with Crippen molar-refractivity contribution >= 4 is 23.2 Å². The molecule has 0 aliphatic rings. The van der Waals surface area contributed by atoms with Crippen molar-refractivity contribution in [1.29, 1.82) is 0 Å². The fourth-order valence-electron chi connectivity index (χ4n) is 1.94. The van der Waals surface area contributed by atoms with E-state index in [0.29, 0.717) is 16.3 Å². The lowest BCUT2D eigenvalue weighted by atomic mass is 10.1. The minimum Gasteiger partial charge on any atom is -0.477 e. The Labute approximate surface area is 130 Å². The summed E-state index contributed by atoms with van der Waals surface area (Å²) in [6.07, 6.45) is 0.126. The van der Waals surface area contributed by atoms with E-state index in [4.69, 9.17) is 5.11 Å². The standard InChI is InChI=1S/C15H15FN2O3S/c1-8-13(15(20)21)22-14(18-8)9(2)17-12(19)7-10-3-5-11(16)6-4-10/h3-6,9H,7H2,1-2H3,(H,17,19)(H,20,21)/t9-/m0/s1. The van der Waals surface area contributed by atoms with Gasteiger partial charge in [0.25, 0.3) is 0 Å². The number of carbonyl (C=O) groups excluding carboxylic acids is 1. The Morgan fingerprint density at radius 3 is 2.55 bits per heavy atom. The van der Waals surface area contributed by atoms with Gasteiger partial charge in [-0.15, -0.1) is 11.3 Å². The van der Waals surface area contributed by atoms with Crippen LogP contribution in [0.3, 0.4) is 0 Å². The Hall–Kier alpha value is -2.28. The molecule has 2 rings (SSSR count). The molecule has 1 amide bonds. The lowest BCUT2D eigenvalue weighted by Gasteiger charge is -2.11. The van der Waals surface area contributed by atoms with Gasteiger partial charge in [0.1, 0.15) is 15.7 Å². The first-order valence-corrected chi connectivity index (χ1v) is 7.43. The Morgan fingerprint density at radius 2 is 2.00 bits per heavy atom. The summed E-state index contributed by atoms with van der Waals surface area (Å²) >= 11 is 1.05. The number of carboxylic acid groups (broad SMARTS) is 1. The maximum absolute atomic E-state index is 12.8. The average molecular weight is 322 g/mol. The molecule has 0 saturated heterocycles. The molecule has 0 spiro atoms. The number of thiazole rings is 1. The van der Waals surface area contributed by atoms with E-state index in [1.807, 2.05) is 0 Å². The van der Waals surface area contributed by atoms with Crippen molar-refractivity contribution in [2.24, 2.45) is 0 Å². The molecule has 2 N–H and O–H groups in total. The third-order valence-electron chi connectivity index (χ3n) is 3.03. The first-order valence-electron chi connectivity index (χ1n) is 6.61. The van der Waals surface area contributed by atoms with E-state index in [1.54, 1.807) is 26.0 Å². The molecule has 0 bridgehead atoms. The number of hydrogen-bond acceptors (Lipinski definition) is 4. The quantitative estimate of drug-likeness (QED) is 0.887. The van der Waals surface area contributed by atoms with Gasteiger partial charge in [0, 0.05) is 0 Å². The highest BCUT2D eigenvalue weighted by atomic mass is 32.1. The molecule has 1 aromatic heterocycles.